The summed E-state index contributed by atoms with van der Waals surface area (Å²) in [6, 6.07) is 18.7. The van der Waals surface area contributed by atoms with Crippen molar-refractivity contribution in [3.8, 4) is 11.1 Å². The lowest BCUT2D eigenvalue weighted by molar-refractivity contribution is 0.0136. The number of alkyl carbamates (subject to hydrolysis) is 1. The largest absolute Gasteiger partial charge is 0.449 e. The number of aliphatic hydroxyl groups excluding tert-OH is 2. The number of halogens is 2. The van der Waals surface area contributed by atoms with Crippen LogP contribution < -0.4 is 5.32 Å². The van der Waals surface area contributed by atoms with Crippen LogP contribution in [0.5, 0.6) is 0 Å². The van der Waals surface area contributed by atoms with E-state index in [0.29, 0.717) is 0 Å². The zero-order valence-electron chi connectivity index (χ0n) is 18.1. The highest BCUT2D eigenvalue weighted by Gasteiger charge is 2.29. The topological polar surface area (TPSA) is 78.8 Å². The van der Waals surface area contributed by atoms with Gasteiger partial charge in [-0.05, 0) is 41.7 Å². The third kappa shape index (κ3) is 4.74. The van der Waals surface area contributed by atoms with Gasteiger partial charge < -0.3 is 20.3 Å². The Balaban J connectivity index is 1.30. The minimum Gasteiger partial charge on any atom is -0.449 e. The van der Waals surface area contributed by atoms with E-state index >= 15 is 0 Å². The van der Waals surface area contributed by atoms with Gasteiger partial charge in [-0.15, -0.1) is 0 Å². The average molecular weight is 470 g/mol. The van der Waals surface area contributed by atoms with Gasteiger partial charge in [0.2, 0.25) is 0 Å². The van der Waals surface area contributed by atoms with Gasteiger partial charge in [-0.25, -0.2) is 9.18 Å². The Bertz CT molecular complexity index is 1120. The van der Waals surface area contributed by atoms with Crippen LogP contribution in [0.2, 0.25) is 5.02 Å². The minimum atomic E-state index is -1.30. The number of hydrogen-bond acceptors (Lipinski definition) is 4. The quantitative estimate of drug-likeness (QED) is 0.449. The Morgan fingerprint density at radius 3 is 2.30 bits per heavy atom. The zero-order chi connectivity index (χ0) is 23.5. The standard InChI is InChI=1S/C26H25ClFNO4/c1-15-22(28)11-10-20(24(15)27)25(31)23(30)12-13-29-26(32)33-14-21-18-8-4-2-6-16(18)17-7-3-5-9-19(17)21/h2-11,21,23,25,30-31H,12-14H2,1H3,(H,29,32). The highest BCUT2D eigenvalue weighted by Crippen LogP contribution is 2.44. The molecule has 2 atom stereocenters. The van der Waals surface area contributed by atoms with Gasteiger partial charge >= 0.3 is 6.09 Å². The van der Waals surface area contributed by atoms with Gasteiger partial charge in [0.25, 0.3) is 0 Å². The molecule has 0 spiro atoms. The molecule has 1 aliphatic carbocycles. The fourth-order valence-corrected chi connectivity index (χ4v) is 4.51. The zero-order valence-corrected chi connectivity index (χ0v) is 18.8. The summed E-state index contributed by atoms with van der Waals surface area (Å²) in [6.45, 7) is 1.78. The summed E-state index contributed by atoms with van der Waals surface area (Å²) in [5.74, 6) is -0.526. The predicted octanol–water partition coefficient (Wildman–Crippen LogP) is 5.11. The first-order chi connectivity index (χ1) is 15.9. The number of benzene rings is 3. The monoisotopic (exact) mass is 469 g/mol. The normalized spacial score (nSPS) is 14.3. The first kappa shape index (κ1) is 23.2. The SMILES string of the molecule is Cc1c(F)ccc(C(O)C(O)CCNC(=O)OCC2c3ccccc3-c3ccccc32)c1Cl. The molecule has 0 saturated heterocycles. The molecule has 0 saturated carbocycles. The molecule has 4 rings (SSSR count). The maximum atomic E-state index is 13.6. The molecule has 0 aromatic heterocycles. The van der Waals surface area contributed by atoms with Gasteiger partial charge in [-0.3, -0.25) is 0 Å². The number of rotatable bonds is 7. The van der Waals surface area contributed by atoms with Crippen molar-refractivity contribution in [3.05, 3.63) is 93.8 Å². The van der Waals surface area contributed by atoms with Crippen LogP contribution in [0, 0.1) is 12.7 Å². The number of ether oxygens (including phenoxy) is 1. The molecule has 7 heteroatoms. The Labute approximate surface area is 196 Å². The van der Waals surface area contributed by atoms with E-state index in [2.05, 4.69) is 17.4 Å². The van der Waals surface area contributed by atoms with Crippen molar-refractivity contribution >= 4 is 17.7 Å². The molecule has 3 N–H and O–H groups in total. The lowest BCUT2D eigenvalue weighted by Crippen LogP contribution is -2.30. The van der Waals surface area contributed by atoms with Crippen LogP contribution in [-0.2, 0) is 4.74 Å². The molecule has 1 aliphatic rings. The molecule has 2 unspecified atom stereocenters. The Hall–Kier alpha value is -2.93. The van der Waals surface area contributed by atoms with Gasteiger partial charge in [0.05, 0.1) is 11.1 Å². The highest BCUT2D eigenvalue weighted by molar-refractivity contribution is 6.32. The molecule has 33 heavy (non-hydrogen) atoms. The van der Waals surface area contributed by atoms with E-state index in [1.54, 1.807) is 0 Å². The molecule has 3 aromatic rings. The molecule has 5 nitrogen and oxygen atoms in total. The smallest absolute Gasteiger partial charge is 0.407 e. The fraction of sp³-hybridized carbons (Fsp3) is 0.269. The van der Waals surface area contributed by atoms with Crippen molar-refractivity contribution in [2.24, 2.45) is 0 Å². The van der Waals surface area contributed by atoms with E-state index in [1.807, 2.05) is 36.4 Å². The van der Waals surface area contributed by atoms with Gasteiger partial charge in [0, 0.05) is 23.6 Å². The van der Waals surface area contributed by atoms with Crippen molar-refractivity contribution < 1.29 is 24.1 Å². The fourth-order valence-electron chi connectivity index (χ4n) is 4.25. The van der Waals surface area contributed by atoms with Crippen LogP contribution in [-0.4, -0.2) is 35.6 Å². The summed E-state index contributed by atoms with van der Waals surface area (Å²) in [7, 11) is 0. The maximum Gasteiger partial charge on any atom is 0.407 e. The number of carbonyl (C=O) groups is 1. The second-order valence-corrected chi connectivity index (χ2v) is 8.51. The molecule has 0 heterocycles. The van der Waals surface area contributed by atoms with Crippen LogP contribution in [0.1, 0.15) is 40.7 Å². The molecule has 1 amide bonds. The van der Waals surface area contributed by atoms with Crippen LogP contribution >= 0.6 is 11.6 Å². The molecule has 0 aliphatic heterocycles. The van der Waals surface area contributed by atoms with Crippen LogP contribution in [0.4, 0.5) is 9.18 Å². The predicted molar refractivity (Wildman–Crippen MR) is 125 cm³/mol. The van der Waals surface area contributed by atoms with E-state index < -0.39 is 24.1 Å². The molecular formula is C26H25ClFNO4. The number of carbonyl (C=O) groups excluding carboxylic acids is 1. The molecule has 172 valence electrons. The maximum absolute atomic E-state index is 13.6. The third-order valence-electron chi connectivity index (χ3n) is 6.09. The molecule has 0 bridgehead atoms. The first-order valence-corrected chi connectivity index (χ1v) is 11.2. The second kappa shape index (κ2) is 9.91. The van der Waals surface area contributed by atoms with E-state index in [-0.39, 0.29) is 41.6 Å². The van der Waals surface area contributed by atoms with Gasteiger partial charge in [0.15, 0.2) is 0 Å². The van der Waals surface area contributed by atoms with Gasteiger partial charge in [0.1, 0.15) is 18.5 Å². The summed E-state index contributed by atoms with van der Waals surface area (Å²) >= 11 is 6.10. The molecule has 0 radical (unpaired) electrons. The van der Waals surface area contributed by atoms with Crippen molar-refractivity contribution in [1.29, 1.82) is 0 Å². The summed E-state index contributed by atoms with van der Waals surface area (Å²) < 4.78 is 19.0. The Morgan fingerprint density at radius 1 is 1.06 bits per heavy atom. The van der Waals surface area contributed by atoms with E-state index in [1.165, 1.54) is 19.1 Å². The number of hydrogen-bond donors (Lipinski definition) is 3. The summed E-state index contributed by atoms with van der Waals surface area (Å²) in [6.07, 6.45) is -3.03. The van der Waals surface area contributed by atoms with Crippen molar-refractivity contribution in [2.75, 3.05) is 13.2 Å². The molecular weight excluding hydrogens is 445 g/mol. The summed E-state index contributed by atoms with van der Waals surface area (Å²) in [5, 5.41) is 23.4. The third-order valence-corrected chi connectivity index (χ3v) is 6.59. The van der Waals surface area contributed by atoms with Crippen LogP contribution in [0.3, 0.4) is 0 Å². The van der Waals surface area contributed by atoms with E-state index in [9.17, 15) is 19.4 Å². The highest BCUT2D eigenvalue weighted by atomic mass is 35.5. The van der Waals surface area contributed by atoms with E-state index in [4.69, 9.17) is 16.3 Å². The van der Waals surface area contributed by atoms with Crippen molar-refractivity contribution in [2.45, 2.75) is 31.5 Å². The summed E-state index contributed by atoms with van der Waals surface area (Å²) in [4.78, 5) is 12.2. The Morgan fingerprint density at radius 2 is 1.67 bits per heavy atom. The molecule has 0 fully saturated rings. The minimum absolute atomic E-state index is 0.0422. The second-order valence-electron chi connectivity index (χ2n) is 8.13. The van der Waals surface area contributed by atoms with Crippen LogP contribution in [0.15, 0.2) is 60.7 Å². The van der Waals surface area contributed by atoms with E-state index in [0.717, 1.165) is 22.3 Å². The number of fused-ring (bicyclic) bond motifs is 3. The molecule has 3 aromatic carbocycles. The number of amides is 1. The van der Waals surface area contributed by atoms with Crippen LogP contribution in [0.25, 0.3) is 11.1 Å². The number of nitrogens with one attached hydrogen (secondary N) is 1. The van der Waals surface area contributed by atoms with Crippen molar-refractivity contribution in [3.63, 3.8) is 0 Å². The van der Waals surface area contributed by atoms with Gasteiger partial charge in [-0.2, -0.15) is 0 Å². The number of aliphatic hydroxyl groups is 2. The summed E-state index contributed by atoms with van der Waals surface area (Å²) in [5.41, 5.74) is 4.98. The average Bonchev–Trinajstić information content (AvgIpc) is 3.14. The van der Waals surface area contributed by atoms with Gasteiger partial charge in [-0.1, -0.05) is 66.2 Å². The lowest BCUT2D eigenvalue weighted by atomic mass is 9.98. The van der Waals surface area contributed by atoms with Crippen molar-refractivity contribution in [1.82, 2.24) is 5.32 Å². The Kier molecular flexibility index (Phi) is 6.98. The first-order valence-electron chi connectivity index (χ1n) is 10.8. The lowest BCUT2D eigenvalue weighted by Gasteiger charge is -2.20.